The third kappa shape index (κ3) is 6.01. The van der Waals surface area contributed by atoms with E-state index in [9.17, 15) is 14.4 Å². The van der Waals surface area contributed by atoms with Crippen LogP contribution >= 0.6 is 11.3 Å². The number of hydrogen-bond donors (Lipinski definition) is 2. The molecule has 1 atom stereocenters. The molecule has 2 amide bonds. The van der Waals surface area contributed by atoms with Crippen LogP contribution in [0.5, 0.6) is 0 Å². The number of anilines is 1. The van der Waals surface area contributed by atoms with Crippen LogP contribution in [0.15, 0.2) is 47.1 Å². The van der Waals surface area contributed by atoms with Gasteiger partial charge in [-0.15, -0.1) is 10.2 Å². The lowest BCUT2D eigenvalue weighted by atomic mass is 10.0. The molecule has 0 saturated carbocycles. The fourth-order valence-electron chi connectivity index (χ4n) is 2.75. The SMILES string of the molecule is CCc1ccc(NC(=O)c2nnc(COC(=O)[C@@H](NC(=O)c3ccco3)C(C)C)s2)cc1. The Bertz CT molecular complexity index is 1060. The summed E-state index contributed by atoms with van der Waals surface area (Å²) in [5.74, 6) is -1.62. The smallest absolute Gasteiger partial charge is 0.329 e. The minimum absolute atomic E-state index is 0.104. The van der Waals surface area contributed by atoms with E-state index < -0.39 is 23.8 Å². The summed E-state index contributed by atoms with van der Waals surface area (Å²) < 4.78 is 10.3. The maximum atomic E-state index is 12.5. The van der Waals surface area contributed by atoms with E-state index in [-0.39, 0.29) is 23.3 Å². The predicted molar refractivity (Wildman–Crippen MR) is 118 cm³/mol. The van der Waals surface area contributed by atoms with Crippen molar-refractivity contribution in [2.45, 2.75) is 39.8 Å². The summed E-state index contributed by atoms with van der Waals surface area (Å²) in [5.41, 5.74) is 1.82. The lowest BCUT2D eigenvalue weighted by Crippen LogP contribution is -2.45. The molecule has 0 unspecified atom stereocenters. The Labute approximate surface area is 189 Å². The van der Waals surface area contributed by atoms with Crippen LogP contribution in [0.1, 0.15) is 51.7 Å². The highest BCUT2D eigenvalue weighted by Gasteiger charge is 2.27. The number of benzene rings is 1. The van der Waals surface area contributed by atoms with Crippen molar-refractivity contribution in [3.63, 3.8) is 0 Å². The minimum atomic E-state index is -0.866. The Morgan fingerprint density at radius 2 is 1.84 bits per heavy atom. The summed E-state index contributed by atoms with van der Waals surface area (Å²) >= 11 is 1.03. The molecule has 3 rings (SSSR count). The van der Waals surface area contributed by atoms with Gasteiger partial charge in [0.2, 0.25) is 5.01 Å². The number of amides is 2. The number of carbonyl (C=O) groups excluding carboxylic acids is 3. The molecule has 1 aromatic carbocycles. The summed E-state index contributed by atoms with van der Waals surface area (Å²) in [7, 11) is 0. The molecule has 0 aliphatic rings. The van der Waals surface area contributed by atoms with Crippen molar-refractivity contribution in [2.75, 3.05) is 5.32 Å². The highest BCUT2D eigenvalue weighted by atomic mass is 32.1. The first-order valence-corrected chi connectivity index (χ1v) is 10.9. The minimum Gasteiger partial charge on any atom is -0.459 e. The lowest BCUT2D eigenvalue weighted by Gasteiger charge is -2.19. The van der Waals surface area contributed by atoms with E-state index in [0.29, 0.717) is 10.7 Å². The highest BCUT2D eigenvalue weighted by Crippen LogP contribution is 2.16. The van der Waals surface area contributed by atoms with Gasteiger partial charge in [0.15, 0.2) is 10.8 Å². The van der Waals surface area contributed by atoms with Crippen LogP contribution in [-0.2, 0) is 22.6 Å². The molecule has 168 valence electrons. The van der Waals surface area contributed by atoms with Gasteiger partial charge in [0.25, 0.3) is 11.8 Å². The molecule has 9 nitrogen and oxygen atoms in total. The molecule has 0 saturated heterocycles. The van der Waals surface area contributed by atoms with Gasteiger partial charge in [0, 0.05) is 5.69 Å². The number of nitrogens with zero attached hydrogens (tertiary/aromatic N) is 2. The monoisotopic (exact) mass is 456 g/mol. The fraction of sp³-hybridized carbons (Fsp3) is 0.318. The largest absolute Gasteiger partial charge is 0.459 e. The number of hydrogen-bond acceptors (Lipinski definition) is 8. The normalized spacial score (nSPS) is 11.8. The second kappa shape index (κ2) is 10.7. The highest BCUT2D eigenvalue weighted by molar-refractivity contribution is 7.13. The van der Waals surface area contributed by atoms with Gasteiger partial charge >= 0.3 is 5.97 Å². The van der Waals surface area contributed by atoms with Crippen LogP contribution in [0.2, 0.25) is 0 Å². The summed E-state index contributed by atoms with van der Waals surface area (Å²) in [6, 6.07) is 9.75. The van der Waals surface area contributed by atoms with Crippen molar-refractivity contribution >= 4 is 34.8 Å². The first-order chi connectivity index (χ1) is 15.4. The summed E-state index contributed by atoms with van der Waals surface area (Å²) in [4.78, 5) is 37.1. The third-order valence-electron chi connectivity index (χ3n) is 4.57. The molecule has 10 heteroatoms. The molecule has 0 aliphatic carbocycles. The van der Waals surface area contributed by atoms with Gasteiger partial charge in [0.05, 0.1) is 6.26 Å². The second-order valence-electron chi connectivity index (χ2n) is 7.29. The average molecular weight is 457 g/mol. The van der Waals surface area contributed by atoms with Crippen molar-refractivity contribution in [1.29, 1.82) is 0 Å². The molecular weight excluding hydrogens is 432 g/mol. The van der Waals surface area contributed by atoms with E-state index >= 15 is 0 Å². The molecule has 0 bridgehead atoms. The number of rotatable bonds is 9. The van der Waals surface area contributed by atoms with Crippen molar-refractivity contribution in [3.8, 4) is 0 Å². The zero-order valence-corrected chi connectivity index (χ0v) is 18.8. The Morgan fingerprint density at radius 1 is 1.09 bits per heavy atom. The van der Waals surface area contributed by atoms with E-state index in [2.05, 4.69) is 27.8 Å². The lowest BCUT2D eigenvalue weighted by molar-refractivity contribution is -0.148. The maximum Gasteiger partial charge on any atom is 0.329 e. The Balaban J connectivity index is 1.55. The number of aryl methyl sites for hydroxylation is 1. The molecule has 2 heterocycles. The molecule has 0 aliphatic heterocycles. The van der Waals surface area contributed by atoms with Gasteiger partial charge in [-0.3, -0.25) is 9.59 Å². The van der Waals surface area contributed by atoms with E-state index in [1.54, 1.807) is 19.9 Å². The van der Waals surface area contributed by atoms with E-state index in [1.807, 2.05) is 24.3 Å². The van der Waals surface area contributed by atoms with Crippen molar-refractivity contribution in [1.82, 2.24) is 15.5 Å². The van der Waals surface area contributed by atoms with E-state index in [0.717, 1.165) is 17.8 Å². The number of aromatic nitrogens is 2. The van der Waals surface area contributed by atoms with Gasteiger partial charge in [-0.2, -0.15) is 0 Å². The molecule has 0 spiro atoms. The number of furan rings is 1. The standard InChI is InChI=1S/C22H24N4O5S/c1-4-14-7-9-15(10-8-14)23-20(28)21-26-25-17(32-21)12-31-22(29)18(13(2)3)24-19(27)16-6-5-11-30-16/h5-11,13,18H,4,12H2,1-3H3,(H,23,28)(H,24,27)/t18-/m0/s1. The second-order valence-corrected chi connectivity index (χ2v) is 8.35. The van der Waals surface area contributed by atoms with Crippen LogP contribution in [0.25, 0.3) is 0 Å². The maximum absolute atomic E-state index is 12.5. The molecule has 0 radical (unpaired) electrons. The quantitative estimate of drug-likeness (QED) is 0.473. The molecule has 2 aromatic heterocycles. The van der Waals surface area contributed by atoms with E-state index in [1.165, 1.54) is 17.9 Å². The molecule has 2 N–H and O–H groups in total. The molecule has 3 aromatic rings. The first-order valence-electron chi connectivity index (χ1n) is 10.1. The van der Waals surface area contributed by atoms with Crippen LogP contribution in [0.3, 0.4) is 0 Å². The number of carbonyl (C=O) groups is 3. The van der Waals surface area contributed by atoms with Crippen LogP contribution in [-0.4, -0.2) is 34.0 Å². The Kier molecular flexibility index (Phi) is 7.72. The van der Waals surface area contributed by atoms with Crippen LogP contribution in [0.4, 0.5) is 5.69 Å². The zero-order chi connectivity index (χ0) is 23.1. The van der Waals surface area contributed by atoms with Crippen LogP contribution < -0.4 is 10.6 Å². The Hall–Kier alpha value is -3.53. The number of esters is 1. The van der Waals surface area contributed by atoms with Crippen molar-refractivity contribution in [3.05, 3.63) is 64.0 Å². The topological polar surface area (TPSA) is 123 Å². The van der Waals surface area contributed by atoms with E-state index in [4.69, 9.17) is 9.15 Å². The Morgan fingerprint density at radius 3 is 2.47 bits per heavy atom. The summed E-state index contributed by atoms with van der Waals surface area (Å²) in [6.45, 7) is 5.47. The molecule has 0 fully saturated rings. The van der Waals surface area contributed by atoms with Gasteiger partial charge < -0.3 is 19.8 Å². The molecular formula is C22H24N4O5S. The van der Waals surface area contributed by atoms with Gasteiger partial charge in [-0.25, -0.2) is 4.79 Å². The summed E-state index contributed by atoms with van der Waals surface area (Å²) in [5, 5.41) is 13.7. The first kappa shape index (κ1) is 23.1. The van der Waals surface area contributed by atoms with Gasteiger partial charge in [0.1, 0.15) is 12.6 Å². The number of nitrogens with one attached hydrogen (secondary N) is 2. The van der Waals surface area contributed by atoms with Crippen LogP contribution in [0, 0.1) is 5.92 Å². The molecule has 32 heavy (non-hydrogen) atoms. The predicted octanol–water partition coefficient (Wildman–Crippen LogP) is 3.44. The van der Waals surface area contributed by atoms with Crippen molar-refractivity contribution in [2.24, 2.45) is 5.92 Å². The van der Waals surface area contributed by atoms with Gasteiger partial charge in [-0.1, -0.05) is 44.2 Å². The number of ether oxygens (including phenoxy) is 1. The fourth-order valence-corrected chi connectivity index (χ4v) is 3.40. The van der Waals surface area contributed by atoms with Crippen molar-refractivity contribution < 1.29 is 23.5 Å². The zero-order valence-electron chi connectivity index (χ0n) is 18.0. The average Bonchev–Trinajstić information content (AvgIpc) is 3.48. The third-order valence-corrected chi connectivity index (χ3v) is 5.47. The van der Waals surface area contributed by atoms with Gasteiger partial charge in [-0.05, 0) is 42.2 Å². The summed E-state index contributed by atoms with van der Waals surface area (Å²) in [6.07, 6.45) is 2.29.